The lowest BCUT2D eigenvalue weighted by atomic mass is 10.1. The summed E-state index contributed by atoms with van der Waals surface area (Å²) in [4.78, 5) is 12.6. The number of likely N-dealkylation sites (N-methyl/N-ethyl adjacent to an activating group) is 1. The van der Waals surface area contributed by atoms with Gasteiger partial charge in [0.25, 0.3) is 5.69 Å². The molecule has 1 aliphatic rings. The lowest BCUT2D eigenvalue weighted by Crippen LogP contribution is -2.36. The van der Waals surface area contributed by atoms with Crippen LogP contribution in [0.1, 0.15) is 18.4 Å². The number of non-ortho nitro benzene ring substituents is 1. The predicted molar refractivity (Wildman–Crippen MR) is 81.5 cm³/mol. The minimum atomic E-state index is -0.421. The summed E-state index contributed by atoms with van der Waals surface area (Å²) < 4.78 is 0. The van der Waals surface area contributed by atoms with Crippen LogP contribution in [0, 0.1) is 23.0 Å². The lowest BCUT2D eigenvalue weighted by Gasteiger charge is -2.25. The number of hydrogen-bond donors (Lipinski definition) is 1. The Morgan fingerprint density at radius 3 is 2.60 bits per heavy atom. The highest BCUT2D eigenvalue weighted by molar-refractivity contribution is 6.33. The summed E-state index contributed by atoms with van der Waals surface area (Å²) in [6, 6.07) is 3.43. The summed E-state index contributed by atoms with van der Waals surface area (Å²) >= 11 is 6.16. The van der Waals surface area contributed by atoms with Gasteiger partial charge in [0.15, 0.2) is 0 Å². The first-order chi connectivity index (χ1) is 9.40. The maximum atomic E-state index is 10.8. The van der Waals surface area contributed by atoms with Gasteiger partial charge in [-0.25, -0.2) is 0 Å². The Morgan fingerprint density at radius 2 is 2.15 bits per heavy atom. The fourth-order valence-corrected chi connectivity index (χ4v) is 2.84. The molecule has 0 heterocycles. The number of hydrogen-bond acceptors (Lipinski definition) is 4. The van der Waals surface area contributed by atoms with Crippen molar-refractivity contribution in [2.45, 2.75) is 25.8 Å². The van der Waals surface area contributed by atoms with Crippen molar-refractivity contribution in [1.29, 1.82) is 0 Å². The number of rotatable bonds is 6. The van der Waals surface area contributed by atoms with Crippen LogP contribution in [-0.2, 0) is 0 Å². The summed E-state index contributed by atoms with van der Waals surface area (Å²) in [6.45, 7) is 2.64. The molecule has 0 bridgehead atoms. The van der Waals surface area contributed by atoms with Crippen molar-refractivity contribution in [1.82, 2.24) is 4.90 Å². The molecular formula is C14H20ClN3O2. The van der Waals surface area contributed by atoms with E-state index < -0.39 is 4.92 Å². The number of nitro groups is 1. The van der Waals surface area contributed by atoms with Crippen LogP contribution in [0.4, 0.5) is 11.4 Å². The third kappa shape index (κ3) is 3.41. The molecular weight excluding hydrogens is 278 g/mol. The number of nitrogens with zero attached hydrogens (tertiary/aromatic N) is 2. The highest BCUT2D eigenvalue weighted by Gasteiger charge is 2.32. The van der Waals surface area contributed by atoms with Crippen LogP contribution >= 0.6 is 11.6 Å². The van der Waals surface area contributed by atoms with Crippen LogP contribution in [0.3, 0.4) is 0 Å². The van der Waals surface area contributed by atoms with Crippen LogP contribution in [0.25, 0.3) is 0 Å². The second-order valence-electron chi connectivity index (χ2n) is 5.63. The molecule has 1 fully saturated rings. The number of nitro benzene ring substituents is 1. The molecule has 0 aromatic heterocycles. The monoisotopic (exact) mass is 297 g/mol. The maximum absolute atomic E-state index is 10.8. The Balaban J connectivity index is 2.11. The average Bonchev–Trinajstić information content (AvgIpc) is 3.16. The molecule has 1 N–H and O–H groups in total. The molecule has 0 aliphatic heterocycles. The molecule has 0 radical (unpaired) electrons. The SMILES string of the molecule is Cc1cc([N+](=O)[O-])cc(Cl)c1NCC(C1CC1)N(C)C. The number of nitrogens with one attached hydrogen (secondary N) is 1. The van der Waals surface area contributed by atoms with E-state index in [0.717, 1.165) is 23.7 Å². The van der Waals surface area contributed by atoms with E-state index >= 15 is 0 Å². The summed E-state index contributed by atoms with van der Waals surface area (Å²) in [7, 11) is 4.16. The second-order valence-corrected chi connectivity index (χ2v) is 6.03. The number of aryl methyl sites for hydroxylation is 1. The molecule has 5 nitrogen and oxygen atoms in total. The van der Waals surface area contributed by atoms with E-state index in [9.17, 15) is 10.1 Å². The van der Waals surface area contributed by atoms with Crippen molar-refractivity contribution in [2.75, 3.05) is 26.0 Å². The first kappa shape index (κ1) is 15.1. The van der Waals surface area contributed by atoms with Crippen LogP contribution in [0.5, 0.6) is 0 Å². The van der Waals surface area contributed by atoms with Crippen molar-refractivity contribution in [3.8, 4) is 0 Å². The molecule has 6 heteroatoms. The third-order valence-corrected chi connectivity index (χ3v) is 4.10. The van der Waals surface area contributed by atoms with E-state index in [1.165, 1.54) is 18.9 Å². The van der Waals surface area contributed by atoms with Crippen molar-refractivity contribution in [2.24, 2.45) is 5.92 Å². The van der Waals surface area contributed by atoms with Gasteiger partial charge < -0.3 is 10.2 Å². The fraction of sp³-hybridized carbons (Fsp3) is 0.571. The van der Waals surface area contributed by atoms with Gasteiger partial charge in [0, 0.05) is 24.7 Å². The Hall–Kier alpha value is -1.33. The molecule has 0 spiro atoms. The molecule has 1 saturated carbocycles. The first-order valence-corrected chi connectivity index (χ1v) is 7.12. The van der Waals surface area contributed by atoms with Gasteiger partial charge in [0.2, 0.25) is 0 Å². The van der Waals surface area contributed by atoms with E-state index in [-0.39, 0.29) is 5.69 Å². The molecule has 1 aromatic rings. The van der Waals surface area contributed by atoms with Crippen molar-refractivity contribution in [3.63, 3.8) is 0 Å². The molecule has 110 valence electrons. The van der Waals surface area contributed by atoms with Gasteiger partial charge in [0.1, 0.15) is 0 Å². The van der Waals surface area contributed by atoms with Gasteiger partial charge in [0.05, 0.1) is 15.6 Å². The molecule has 1 aromatic carbocycles. The summed E-state index contributed by atoms with van der Waals surface area (Å²) in [6.07, 6.45) is 2.55. The first-order valence-electron chi connectivity index (χ1n) is 6.75. The Kier molecular flexibility index (Phi) is 4.50. The highest BCUT2D eigenvalue weighted by atomic mass is 35.5. The van der Waals surface area contributed by atoms with Gasteiger partial charge in [-0.05, 0) is 45.3 Å². The molecule has 1 aliphatic carbocycles. The highest BCUT2D eigenvalue weighted by Crippen LogP contribution is 2.36. The topological polar surface area (TPSA) is 58.4 Å². The second kappa shape index (κ2) is 5.97. The summed E-state index contributed by atoms with van der Waals surface area (Å²) in [5.41, 5.74) is 1.63. The van der Waals surface area contributed by atoms with E-state index in [2.05, 4.69) is 24.3 Å². The molecule has 0 saturated heterocycles. The Labute approximate surface area is 124 Å². The van der Waals surface area contributed by atoms with E-state index in [1.807, 2.05) is 6.92 Å². The smallest absolute Gasteiger partial charge is 0.271 e. The summed E-state index contributed by atoms with van der Waals surface area (Å²) in [5, 5.41) is 14.6. The van der Waals surface area contributed by atoms with Gasteiger partial charge in [-0.1, -0.05) is 11.6 Å². The van der Waals surface area contributed by atoms with Crippen LogP contribution in [0.15, 0.2) is 12.1 Å². The zero-order valence-electron chi connectivity index (χ0n) is 12.0. The number of halogens is 1. The Bertz CT molecular complexity index is 490. The average molecular weight is 298 g/mol. The number of anilines is 1. The van der Waals surface area contributed by atoms with Gasteiger partial charge in [-0.3, -0.25) is 10.1 Å². The minimum Gasteiger partial charge on any atom is -0.382 e. The molecule has 1 atom stereocenters. The van der Waals surface area contributed by atoms with Gasteiger partial charge >= 0.3 is 0 Å². The molecule has 2 rings (SSSR count). The third-order valence-electron chi connectivity index (χ3n) is 3.80. The Morgan fingerprint density at radius 1 is 1.50 bits per heavy atom. The zero-order chi connectivity index (χ0) is 14.9. The van der Waals surface area contributed by atoms with Crippen LogP contribution < -0.4 is 5.32 Å². The van der Waals surface area contributed by atoms with Gasteiger partial charge in [-0.2, -0.15) is 0 Å². The van der Waals surface area contributed by atoms with Crippen LogP contribution in [-0.4, -0.2) is 36.5 Å². The largest absolute Gasteiger partial charge is 0.382 e. The maximum Gasteiger partial charge on any atom is 0.271 e. The molecule has 0 amide bonds. The van der Waals surface area contributed by atoms with E-state index in [1.54, 1.807) is 6.07 Å². The van der Waals surface area contributed by atoms with E-state index in [0.29, 0.717) is 11.1 Å². The summed E-state index contributed by atoms with van der Waals surface area (Å²) in [5.74, 6) is 0.745. The van der Waals surface area contributed by atoms with Crippen molar-refractivity contribution < 1.29 is 4.92 Å². The fourth-order valence-electron chi connectivity index (χ4n) is 2.51. The van der Waals surface area contributed by atoms with Crippen LogP contribution in [0.2, 0.25) is 5.02 Å². The van der Waals surface area contributed by atoms with Crippen molar-refractivity contribution in [3.05, 3.63) is 32.8 Å². The zero-order valence-corrected chi connectivity index (χ0v) is 12.8. The van der Waals surface area contributed by atoms with Crippen molar-refractivity contribution >= 4 is 23.0 Å². The quantitative estimate of drug-likeness (QED) is 0.646. The normalized spacial score (nSPS) is 16.2. The number of benzene rings is 1. The predicted octanol–water partition coefficient (Wildman–Crippen LogP) is 3.31. The van der Waals surface area contributed by atoms with E-state index in [4.69, 9.17) is 11.6 Å². The minimum absolute atomic E-state index is 0.0319. The lowest BCUT2D eigenvalue weighted by molar-refractivity contribution is -0.384. The standard InChI is InChI=1S/C14H20ClN3O2/c1-9-6-11(18(19)20)7-12(15)14(9)16-8-13(17(2)3)10-4-5-10/h6-7,10,13,16H,4-5,8H2,1-3H3. The van der Waals surface area contributed by atoms with Gasteiger partial charge in [-0.15, -0.1) is 0 Å². The molecule has 20 heavy (non-hydrogen) atoms. The molecule has 1 unspecified atom stereocenters.